The summed E-state index contributed by atoms with van der Waals surface area (Å²) in [7, 11) is 0. The molecule has 4 heteroatoms. The minimum atomic E-state index is 0.368. The van der Waals surface area contributed by atoms with Crippen molar-refractivity contribution in [1.29, 1.82) is 0 Å². The molecule has 1 aromatic rings. The molecule has 1 aliphatic heterocycles. The lowest BCUT2D eigenvalue weighted by molar-refractivity contribution is 0.126. The van der Waals surface area contributed by atoms with E-state index in [-0.39, 0.29) is 0 Å². The predicted octanol–water partition coefficient (Wildman–Crippen LogP) is 2.65. The smallest absolute Gasteiger partial charge is 0.115 e. The van der Waals surface area contributed by atoms with Gasteiger partial charge in [-0.3, -0.25) is 4.90 Å². The van der Waals surface area contributed by atoms with Crippen LogP contribution in [0.4, 0.5) is 0 Å². The molecular formula is C16H26N2OS. The van der Waals surface area contributed by atoms with E-state index in [1.807, 2.05) is 23.9 Å². The molecule has 3 nitrogen and oxygen atoms in total. The van der Waals surface area contributed by atoms with Crippen molar-refractivity contribution in [2.24, 2.45) is 0 Å². The number of piperazine rings is 1. The molecule has 1 aliphatic rings. The van der Waals surface area contributed by atoms with Gasteiger partial charge in [-0.15, -0.1) is 0 Å². The molecule has 0 aromatic heterocycles. The summed E-state index contributed by atoms with van der Waals surface area (Å²) in [5.74, 6) is 0.368. The summed E-state index contributed by atoms with van der Waals surface area (Å²) >= 11 is 1.96. The van der Waals surface area contributed by atoms with Crippen LogP contribution < -0.4 is 0 Å². The molecule has 0 saturated carbocycles. The minimum Gasteiger partial charge on any atom is -0.508 e. The molecule has 0 spiro atoms. The van der Waals surface area contributed by atoms with E-state index in [1.165, 1.54) is 31.6 Å². The van der Waals surface area contributed by atoms with E-state index < -0.39 is 0 Å². The molecule has 112 valence electrons. The van der Waals surface area contributed by atoms with Crippen molar-refractivity contribution in [3.8, 4) is 5.75 Å². The molecule has 1 saturated heterocycles. The maximum absolute atomic E-state index is 9.50. The van der Waals surface area contributed by atoms with Crippen LogP contribution in [0, 0.1) is 0 Å². The fourth-order valence-corrected chi connectivity index (χ4v) is 2.91. The van der Waals surface area contributed by atoms with Crippen molar-refractivity contribution in [1.82, 2.24) is 9.80 Å². The number of benzene rings is 1. The van der Waals surface area contributed by atoms with Crippen molar-refractivity contribution in [3.63, 3.8) is 0 Å². The second-order valence-corrected chi connectivity index (χ2v) is 6.90. The first-order valence-electron chi connectivity index (χ1n) is 7.43. The van der Waals surface area contributed by atoms with Gasteiger partial charge in [-0.2, -0.15) is 11.8 Å². The highest BCUT2D eigenvalue weighted by Crippen LogP contribution is 2.15. The van der Waals surface area contributed by atoms with Crippen LogP contribution in [0.5, 0.6) is 5.75 Å². The van der Waals surface area contributed by atoms with E-state index >= 15 is 0 Å². The maximum Gasteiger partial charge on any atom is 0.115 e. The average molecular weight is 294 g/mol. The lowest BCUT2D eigenvalue weighted by Gasteiger charge is -2.35. The molecule has 20 heavy (non-hydrogen) atoms. The summed E-state index contributed by atoms with van der Waals surface area (Å²) in [6.45, 7) is 9.07. The van der Waals surface area contributed by atoms with Gasteiger partial charge in [-0.05, 0) is 36.9 Å². The van der Waals surface area contributed by atoms with Gasteiger partial charge in [0.25, 0.3) is 0 Å². The Hall–Kier alpha value is -0.710. The number of phenolic OH excluding ortho intramolecular Hbond substituents is 1. The highest BCUT2D eigenvalue weighted by molar-refractivity contribution is 7.99. The number of aromatic hydroxyl groups is 1. The molecule has 1 aromatic carbocycles. The lowest BCUT2D eigenvalue weighted by Crippen LogP contribution is -2.46. The third-order valence-electron chi connectivity index (χ3n) is 4.04. The molecule has 1 atom stereocenters. The molecule has 1 N–H and O–H groups in total. The summed E-state index contributed by atoms with van der Waals surface area (Å²) in [6, 6.07) is 7.61. The molecule has 1 unspecified atom stereocenters. The van der Waals surface area contributed by atoms with Gasteiger partial charge in [0.15, 0.2) is 0 Å². The van der Waals surface area contributed by atoms with Gasteiger partial charge in [0.05, 0.1) is 0 Å². The number of hydrogen-bond donors (Lipinski definition) is 1. The molecule has 0 amide bonds. The number of thioether (sulfide) groups is 1. The molecular weight excluding hydrogens is 268 g/mol. The first kappa shape index (κ1) is 15.7. The zero-order chi connectivity index (χ0) is 14.4. The fraction of sp³-hybridized carbons (Fsp3) is 0.625. The number of hydrogen-bond acceptors (Lipinski definition) is 4. The molecule has 0 radical (unpaired) electrons. The number of phenols is 1. The number of rotatable bonds is 6. The minimum absolute atomic E-state index is 0.368. The van der Waals surface area contributed by atoms with Gasteiger partial charge >= 0.3 is 0 Å². The Bertz CT molecular complexity index is 405. The van der Waals surface area contributed by atoms with Crippen LogP contribution >= 0.6 is 11.8 Å². The second kappa shape index (κ2) is 7.91. The Labute approximate surface area is 127 Å². The highest BCUT2D eigenvalue weighted by atomic mass is 32.2. The van der Waals surface area contributed by atoms with Crippen molar-refractivity contribution in [2.45, 2.75) is 25.1 Å². The zero-order valence-corrected chi connectivity index (χ0v) is 13.4. The zero-order valence-electron chi connectivity index (χ0n) is 12.6. The largest absolute Gasteiger partial charge is 0.508 e. The Morgan fingerprint density at radius 1 is 1.20 bits per heavy atom. The van der Waals surface area contributed by atoms with E-state index in [4.69, 9.17) is 0 Å². The third kappa shape index (κ3) is 5.00. The second-order valence-electron chi connectivity index (χ2n) is 5.62. The molecule has 0 aliphatic carbocycles. The van der Waals surface area contributed by atoms with Gasteiger partial charge in [-0.1, -0.05) is 19.1 Å². The highest BCUT2D eigenvalue weighted by Gasteiger charge is 2.17. The quantitative estimate of drug-likeness (QED) is 0.872. The topological polar surface area (TPSA) is 26.7 Å². The summed E-state index contributed by atoms with van der Waals surface area (Å²) < 4.78 is 0. The molecule has 1 fully saturated rings. The summed E-state index contributed by atoms with van der Waals surface area (Å²) in [6.07, 6.45) is 3.48. The maximum atomic E-state index is 9.50. The molecule has 1 heterocycles. The van der Waals surface area contributed by atoms with Crippen molar-refractivity contribution in [2.75, 3.05) is 39.0 Å². The summed E-state index contributed by atoms with van der Waals surface area (Å²) in [5.41, 5.74) is 1.20. The normalized spacial score (nSPS) is 19.1. The average Bonchev–Trinajstić information content (AvgIpc) is 2.46. The van der Waals surface area contributed by atoms with Gasteiger partial charge in [0, 0.05) is 38.0 Å². The van der Waals surface area contributed by atoms with Crippen LogP contribution in [0.25, 0.3) is 0 Å². The van der Waals surface area contributed by atoms with Gasteiger partial charge in [0.2, 0.25) is 0 Å². The summed E-state index contributed by atoms with van der Waals surface area (Å²) in [4.78, 5) is 5.05. The molecule has 2 rings (SSSR count). The van der Waals surface area contributed by atoms with Gasteiger partial charge in [-0.25, -0.2) is 0 Å². The standard InChI is InChI=1S/C16H26N2OS/c1-14(20-2)6-7-17-8-10-18(11-9-17)13-15-4-3-5-16(19)12-15/h3-5,12,14,19H,6-11,13H2,1-2H3. The first-order valence-corrected chi connectivity index (χ1v) is 8.71. The summed E-state index contributed by atoms with van der Waals surface area (Å²) in [5, 5.41) is 10.3. The van der Waals surface area contributed by atoms with Crippen LogP contribution in [0.3, 0.4) is 0 Å². The van der Waals surface area contributed by atoms with E-state index in [9.17, 15) is 5.11 Å². The van der Waals surface area contributed by atoms with Crippen molar-refractivity contribution < 1.29 is 5.11 Å². The van der Waals surface area contributed by atoms with Crippen molar-refractivity contribution in [3.05, 3.63) is 29.8 Å². The van der Waals surface area contributed by atoms with Crippen LogP contribution in [0.2, 0.25) is 0 Å². The Balaban J connectivity index is 1.71. The SMILES string of the molecule is CSC(C)CCN1CCN(Cc2cccc(O)c2)CC1. The van der Waals surface area contributed by atoms with E-state index in [2.05, 4.69) is 29.0 Å². The molecule has 0 bridgehead atoms. The number of nitrogens with zero attached hydrogens (tertiary/aromatic N) is 2. The Morgan fingerprint density at radius 3 is 2.55 bits per heavy atom. The third-order valence-corrected chi connectivity index (χ3v) is 5.08. The Kier molecular flexibility index (Phi) is 6.20. The fourth-order valence-electron chi connectivity index (χ4n) is 2.57. The van der Waals surface area contributed by atoms with Crippen LogP contribution in [0.15, 0.2) is 24.3 Å². The van der Waals surface area contributed by atoms with Gasteiger partial charge < -0.3 is 10.0 Å². The predicted molar refractivity (Wildman–Crippen MR) is 87.4 cm³/mol. The van der Waals surface area contributed by atoms with E-state index in [0.29, 0.717) is 5.75 Å². The van der Waals surface area contributed by atoms with Crippen molar-refractivity contribution >= 4 is 11.8 Å². The van der Waals surface area contributed by atoms with Crippen LogP contribution in [0.1, 0.15) is 18.9 Å². The van der Waals surface area contributed by atoms with Gasteiger partial charge in [0.1, 0.15) is 5.75 Å². The van der Waals surface area contributed by atoms with E-state index in [1.54, 1.807) is 6.07 Å². The van der Waals surface area contributed by atoms with Crippen LogP contribution in [-0.2, 0) is 6.54 Å². The monoisotopic (exact) mass is 294 g/mol. The lowest BCUT2D eigenvalue weighted by atomic mass is 10.2. The first-order chi connectivity index (χ1) is 9.67. The van der Waals surface area contributed by atoms with Crippen LogP contribution in [-0.4, -0.2) is 59.1 Å². The van der Waals surface area contributed by atoms with E-state index in [0.717, 1.165) is 24.9 Å². The Morgan fingerprint density at radius 2 is 1.90 bits per heavy atom.